The van der Waals surface area contributed by atoms with Crippen LogP contribution in [0.4, 0.5) is 14.5 Å². The van der Waals surface area contributed by atoms with E-state index < -0.39 is 6.61 Å². The predicted octanol–water partition coefficient (Wildman–Crippen LogP) is 3.26. The molecule has 1 saturated heterocycles. The molecule has 0 aliphatic carbocycles. The number of halogens is 2. The van der Waals surface area contributed by atoms with Crippen molar-refractivity contribution in [2.45, 2.75) is 38.8 Å². The van der Waals surface area contributed by atoms with Gasteiger partial charge in [0.25, 0.3) is 0 Å². The molecule has 3 nitrogen and oxygen atoms in total. The van der Waals surface area contributed by atoms with Crippen LogP contribution >= 0.6 is 0 Å². The standard InChI is InChI=1S/C15H22F2N2O/c1-2-4-12-11-19(10-3-9-18-12)13-5-7-14(8-6-13)20-15(16)17/h5-8,12,15,18H,2-4,9-11H2,1H3. The zero-order valence-electron chi connectivity index (χ0n) is 11.8. The lowest BCUT2D eigenvalue weighted by Gasteiger charge is -2.26. The van der Waals surface area contributed by atoms with E-state index in [1.807, 2.05) is 12.1 Å². The first-order chi connectivity index (χ1) is 9.69. The SMILES string of the molecule is CCCC1CN(c2ccc(OC(F)F)cc2)CCCN1. The average molecular weight is 284 g/mol. The molecule has 1 aliphatic heterocycles. The van der Waals surface area contributed by atoms with E-state index in [-0.39, 0.29) is 5.75 Å². The number of nitrogens with one attached hydrogen (secondary N) is 1. The quantitative estimate of drug-likeness (QED) is 0.898. The van der Waals surface area contributed by atoms with Crippen LogP contribution in [-0.4, -0.2) is 32.3 Å². The van der Waals surface area contributed by atoms with Crippen molar-refractivity contribution in [2.24, 2.45) is 0 Å². The average Bonchev–Trinajstić information content (AvgIpc) is 2.65. The first kappa shape index (κ1) is 15.0. The summed E-state index contributed by atoms with van der Waals surface area (Å²) in [6, 6.07) is 7.42. The lowest BCUT2D eigenvalue weighted by molar-refractivity contribution is -0.0498. The number of anilines is 1. The number of nitrogens with zero attached hydrogens (tertiary/aromatic N) is 1. The maximum absolute atomic E-state index is 12.1. The Balaban J connectivity index is 2.01. The molecule has 20 heavy (non-hydrogen) atoms. The van der Waals surface area contributed by atoms with Gasteiger partial charge in [0, 0.05) is 24.8 Å². The highest BCUT2D eigenvalue weighted by molar-refractivity contribution is 5.49. The summed E-state index contributed by atoms with van der Waals surface area (Å²) in [6.07, 6.45) is 3.41. The monoisotopic (exact) mass is 284 g/mol. The molecule has 1 atom stereocenters. The van der Waals surface area contributed by atoms with Crippen molar-refractivity contribution in [1.82, 2.24) is 5.32 Å². The molecule has 0 amide bonds. The van der Waals surface area contributed by atoms with Gasteiger partial charge in [0.15, 0.2) is 0 Å². The van der Waals surface area contributed by atoms with Crippen LogP contribution in [-0.2, 0) is 0 Å². The Morgan fingerprint density at radius 1 is 1.35 bits per heavy atom. The number of hydrogen-bond donors (Lipinski definition) is 1. The second-order valence-electron chi connectivity index (χ2n) is 5.11. The van der Waals surface area contributed by atoms with Crippen molar-refractivity contribution in [2.75, 3.05) is 24.5 Å². The normalized spacial score (nSPS) is 20.0. The van der Waals surface area contributed by atoms with E-state index in [9.17, 15) is 8.78 Å². The van der Waals surface area contributed by atoms with E-state index in [1.165, 1.54) is 0 Å². The molecule has 1 aliphatic rings. The maximum atomic E-state index is 12.1. The highest BCUT2D eigenvalue weighted by atomic mass is 19.3. The Morgan fingerprint density at radius 2 is 2.10 bits per heavy atom. The molecule has 1 unspecified atom stereocenters. The first-order valence-corrected chi connectivity index (χ1v) is 7.22. The number of ether oxygens (including phenoxy) is 1. The molecule has 1 N–H and O–H groups in total. The Bertz CT molecular complexity index is 397. The van der Waals surface area contributed by atoms with Crippen LogP contribution in [0.2, 0.25) is 0 Å². The molecule has 2 rings (SSSR count). The third kappa shape index (κ3) is 4.34. The van der Waals surface area contributed by atoms with Crippen LogP contribution in [0.1, 0.15) is 26.2 Å². The van der Waals surface area contributed by atoms with E-state index in [2.05, 4.69) is 21.9 Å². The molecule has 112 valence electrons. The molecule has 0 aromatic heterocycles. The number of rotatable bonds is 5. The maximum Gasteiger partial charge on any atom is 0.387 e. The number of benzene rings is 1. The van der Waals surface area contributed by atoms with E-state index in [0.29, 0.717) is 6.04 Å². The molecular formula is C15H22F2N2O. The van der Waals surface area contributed by atoms with Gasteiger partial charge in [-0.25, -0.2) is 0 Å². The lowest BCUT2D eigenvalue weighted by Crippen LogP contribution is -2.37. The molecule has 1 aromatic rings. The van der Waals surface area contributed by atoms with Crippen molar-refractivity contribution in [3.8, 4) is 5.75 Å². The van der Waals surface area contributed by atoms with Gasteiger partial charge < -0.3 is 15.0 Å². The zero-order chi connectivity index (χ0) is 14.4. The Kier molecular flexibility index (Phi) is 5.59. The molecule has 1 fully saturated rings. The van der Waals surface area contributed by atoms with Crippen LogP contribution in [0.5, 0.6) is 5.75 Å². The zero-order valence-corrected chi connectivity index (χ0v) is 11.8. The van der Waals surface area contributed by atoms with Crippen LogP contribution in [0.3, 0.4) is 0 Å². The fraction of sp³-hybridized carbons (Fsp3) is 0.600. The fourth-order valence-corrected chi connectivity index (χ4v) is 2.61. The minimum Gasteiger partial charge on any atom is -0.435 e. The highest BCUT2D eigenvalue weighted by Gasteiger charge is 2.17. The molecular weight excluding hydrogens is 262 g/mol. The Hall–Kier alpha value is -1.36. The summed E-state index contributed by atoms with van der Waals surface area (Å²) in [7, 11) is 0. The van der Waals surface area contributed by atoms with E-state index in [4.69, 9.17) is 0 Å². The van der Waals surface area contributed by atoms with Crippen LogP contribution in [0, 0.1) is 0 Å². The molecule has 5 heteroatoms. The van der Waals surface area contributed by atoms with Gasteiger partial charge in [-0.1, -0.05) is 13.3 Å². The minimum absolute atomic E-state index is 0.210. The molecule has 0 radical (unpaired) electrons. The van der Waals surface area contributed by atoms with Gasteiger partial charge in [-0.3, -0.25) is 0 Å². The van der Waals surface area contributed by atoms with E-state index >= 15 is 0 Å². The van der Waals surface area contributed by atoms with Gasteiger partial charge in [0.05, 0.1) is 0 Å². The smallest absolute Gasteiger partial charge is 0.387 e. The summed E-state index contributed by atoms with van der Waals surface area (Å²) in [5.41, 5.74) is 1.07. The largest absolute Gasteiger partial charge is 0.435 e. The first-order valence-electron chi connectivity index (χ1n) is 7.22. The molecule has 0 spiro atoms. The van der Waals surface area contributed by atoms with Gasteiger partial charge >= 0.3 is 6.61 Å². The summed E-state index contributed by atoms with van der Waals surface area (Å²) < 4.78 is 28.6. The summed E-state index contributed by atoms with van der Waals surface area (Å²) in [4.78, 5) is 2.31. The molecule has 1 aromatic carbocycles. The number of alkyl halides is 2. The highest BCUT2D eigenvalue weighted by Crippen LogP contribution is 2.22. The van der Waals surface area contributed by atoms with Gasteiger partial charge in [-0.05, 0) is 43.7 Å². The number of hydrogen-bond acceptors (Lipinski definition) is 3. The molecule has 1 heterocycles. The van der Waals surface area contributed by atoms with Gasteiger partial charge in [-0.2, -0.15) is 8.78 Å². The molecule has 0 saturated carbocycles. The third-order valence-electron chi connectivity index (χ3n) is 3.54. The summed E-state index contributed by atoms with van der Waals surface area (Å²) in [5, 5.41) is 3.55. The predicted molar refractivity (Wildman–Crippen MR) is 76.6 cm³/mol. The van der Waals surface area contributed by atoms with Crippen LogP contribution < -0.4 is 15.0 Å². The topological polar surface area (TPSA) is 24.5 Å². The van der Waals surface area contributed by atoms with Gasteiger partial charge in [0.2, 0.25) is 0 Å². The lowest BCUT2D eigenvalue weighted by atomic mass is 10.1. The van der Waals surface area contributed by atoms with Gasteiger partial charge in [0.1, 0.15) is 5.75 Å². The van der Waals surface area contributed by atoms with Crippen molar-refractivity contribution >= 4 is 5.69 Å². The van der Waals surface area contributed by atoms with Crippen molar-refractivity contribution < 1.29 is 13.5 Å². The summed E-state index contributed by atoms with van der Waals surface area (Å²) in [5.74, 6) is 0.210. The molecule has 0 bridgehead atoms. The van der Waals surface area contributed by atoms with Crippen LogP contribution in [0.15, 0.2) is 24.3 Å². The van der Waals surface area contributed by atoms with E-state index in [1.54, 1.807) is 12.1 Å². The second kappa shape index (κ2) is 7.43. The van der Waals surface area contributed by atoms with Crippen molar-refractivity contribution in [3.05, 3.63) is 24.3 Å². The Labute approximate surface area is 118 Å². The van der Waals surface area contributed by atoms with Crippen LogP contribution in [0.25, 0.3) is 0 Å². The minimum atomic E-state index is -2.77. The summed E-state index contributed by atoms with van der Waals surface area (Å²) in [6.45, 7) is 2.41. The fourth-order valence-electron chi connectivity index (χ4n) is 2.61. The van der Waals surface area contributed by atoms with Crippen molar-refractivity contribution in [1.29, 1.82) is 0 Å². The second-order valence-corrected chi connectivity index (χ2v) is 5.11. The summed E-state index contributed by atoms with van der Waals surface area (Å²) >= 11 is 0. The third-order valence-corrected chi connectivity index (χ3v) is 3.54. The Morgan fingerprint density at radius 3 is 2.75 bits per heavy atom. The van der Waals surface area contributed by atoms with E-state index in [0.717, 1.165) is 44.6 Å². The van der Waals surface area contributed by atoms with Gasteiger partial charge in [-0.15, -0.1) is 0 Å². The van der Waals surface area contributed by atoms with Crippen molar-refractivity contribution in [3.63, 3.8) is 0 Å².